The number of rotatable bonds is 6. The lowest BCUT2D eigenvalue weighted by molar-refractivity contribution is -0.137. The van der Waals surface area contributed by atoms with Gasteiger partial charge < -0.3 is 15.8 Å². The fourth-order valence-electron chi connectivity index (χ4n) is 0.818. The molecular formula is C9H19N3O2. The van der Waals surface area contributed by atoms with Crippen LogP contribution in [0.1, 0.15) is 26.7 Å². The first-order valence-corrected chi connectivity index (χ1v) is 4.63. The highest BCUT2D eigenvalue weighted by molar-refractivity contribution is 5.66. The van der Waals surface area contributed by atoms with Crippen LogP contribution < -0.4 is 11.6 Å². The largest absolute Gasteiger partial charge is 0.481 e. The normalized spacial score (nSPS) is 11.9. The highest BCUT2D eigenvalue weighted by Gasteiger charge is 2.01. The monoisotopic (exact) mass is 201 g/mol. The van der Waals surface area contributed by atoms with E-state index in [1.165, 1.54) is 5.01 Å². The number of aliphatic carboxylic acids is 1. The van der Waals surface area contributed by atoms with Crippen molar-refractivity contribution in [3.05, 3.63) is 11.9 Å². The Morgan fingerprint density at radius 1 is 1.57 bits per heavy atom. The van der Waals surface area contributed by atoms with E-state index >= 15 is 0 Å². The van der Waals surface area contributed by atoms with E-state index in [4.69, 9.17) is 16.7 Å². The molecule has 0 amide bonds. The summed E-state index contributed by atoms with van der Waals surface area (Å²) in [4.78, 5) is 10.2. The van der Waals surface area contributed by atoms with Gasteiger partial charge in [-0.1, -0.05) is 13.8 Å². The average Bonchev–Trinajstić information content (AvgIpc) is 2.02. The Balaban J connectivity index is 3.80. The minimum Gasteiger partial charge on any atom is -0.481 e. The van der Waals surface area contributed by atoms with Gasteiger partial charge in [-0.15, -0.1) is 0 Å². The second-order valence-corrected chi connectivity index (χ2v) is 3.52. The number of nitrogens with zero attached hydrogens (tertiary/aromatic N) is 1. The zero-order valence-electron chi connectivity index (χ0n) is 8.73. The quantitative estimate of drug-likeness (QED) is 0.429. The van der Waals surface area contributed by atoms with Crippen LogP contribution in [-0.4, -0.2) is 22.6 Å². The van der Waals surface area contributed by atoms with Crippen molar-refractivity contribution >= 4 is 5.97 Å². The molecule has 0 spiro atoms. The van der Waals surface area contributed by atoms with Crippen molar-refractivity contribution in [3.8, 4) is 0 Å². The van der Waals surface area contributed by atoms with Crippen LogP contribution in [0.3, 0.4) is 0 Å². The summed E-state index contributed by atoms with van der Waals surface area (Å²) in [6, 6.07) is 0. The van der Waals surface area contributed by atoms with Crippen molar-refractivity contribution in [3.63, 3.8) is 0 Å². The molecule has 0 rings (SSSR count). The molecule has 0 heterocycles. The minimum atomic E-state index is -0.806. The molecule has 0 aromatic heterocycles. The number of allylic oxidation sites excluding steroid dienone is 1. The molecule has 0 aromatic carbocycles. The van der Waals surface area contributed by atoms with Crippen LogP contribution >= 0.6 is 0 Å². The van der Waals surface area contributed by atoms with Crippen molar-refractivity contribution in [1.29, 1.82) is 0 Å². The van der Waals surface area contributed by atoms with E-state index in [2.05, 4.69) is 0 Å². The maximum atomic E-state index is 10.2. The Hall–Kier alpha value is -1.23. The Morgan fingerprint density at radius 2 is 2.14 bits per heavy atom. The van der Waals surface area contributed by atoms with Gasteiger partial charge in [-0.25, -0.2) is 5.84 Å². The highest BCUT2D eigenvalue weighted by atomic mass is 16.4. The molecule has 0 aliphatic heterocycles. The Kier molecular flexibility index (Phi) is 5.71. The predicted molar refractivity (Wildman–Crippen MR) is 54.9 cm³/mol. The summed E-state index contributed by atoms with van der Waals surface area (Å²) in [5, 5.41) is 9.83. The van der Waals surface area contributed by atoms with E-state index in [1.807, 2.05) is 13.8 Å². The number of carboxylic acids is 1. The summed E-state index contributed by atoms with van der Waals surface area (Å²) in [6.07, 6.45) is 2.29. The second kappa shape index (κ2) is 6.26. The van der Waals surface area contributed by atoms with Crippen molar-refractivity contribution in [2.45, 2.75) is 26.7 Å². The zero-order valence-corrected chi connectivity index (χ0v) is 8.73. The Morgan fingerprint density at radius 3 is 2.57 bits per heavy atom. The lowest BCUT2D eigenvalue weighted by Crippen LogP contribution is -2.28. The van der Waals surface area contributed by atoms with E-state index in [1.54, 1.807) is 6.20 Å². The fraction of sp³-hybridized carbons (Fsp3) is 0.667. The van der Waals surface area contributed by atoms with Crippen LogP contribution in [0.15, 0.2) is 11.9 Å². The third-order valence-electron chi connectivity index (χ3n) is 1.79. The third kappa shape index (κ3) is 6.30. The van der Waals surface area contributed by atoms with Crippen LogP contribution in [0.4, 0.5) is 0 Å². The molecule has 0 bridgehead atoms. The molecular weight excluding hydrogens is 182 g/mol. The summed E-state index contributed by atoms with van der Waals surface area (Å²) in [7, 11) is 0. The SMILES string of the molecule is CC(C)/C(N)=C/N(N)CCCC(=O)O. The first kappa shape index (κ1) is 12.8. The van der Waals surface area contributed by atoms with Crippen molar-refractivity contribution in [2.75, 3.05) is 6.54 Å². The molecule has 0 aliphatic rings. The Labute approximate surface area is 84.3 Å². The minimum absolute atomic E-state index is 0.128. The third-order valence-corrected chi connectivity index (χ3v) is 1.79. The van der Waals surface area contributed by atoms with Crippen LogP contribution in [0, 0.1) is 5.92 Å². The summed E-state index contributed by atoms with van der Waals surface area (Å²) in [5.41, 5.74) is 6.37. The lowest BCUT2D eigenvalue weighted by atomic mass is 10.1. The lowest BCUT2D eigenvalue weighted by Gasteiger charge is -2.15. The summed E-state index contributed by atoms with van der Waals surface area (Å²) < 4.78 is 0. The van der Waals surface area contributed by atoms with Gasteiger partial charge in [0.2, 0.25) is 0 Å². The number of carbonyl (C=O) groups is 1. The van der Waals surface area contributed by atoms with Gasteiger partial charge in [0.15, 0.2) is 0 Å². The molecule has 0 saturated carbocycles. The topological polar surface area (TPSA) is 92.6 Å². The van der Waals surface area contributed by atoms with Gasteiger partial charge >= 0.3 is 5.97 Å². The number of nitrogens with two attached hydrogens (primary N) is 2. The maximum absolute atomic E-state index is 10.2. The molecule has 0 unspecified atom stereocenters. The van der Waals surface area contributed by atoms with E-state index in [9.17, 15) is 4.79 Å². The predicted octanol–water partition coefficient (Wildman–Crippen LogP) is 0.483. The van der Waals surface area contributed by atoms with Crippen LogP contribution in [0.5, 0.6) is 0 Å². The summed E-state index contributed by atoms with van der Waals surface area (Å²) in [6.45, 7) is 4.44. The van der Waals surface area contributed by atoms with Gasteiger partial charge in [-0.05, 0) is 12.3 Å². The molecule has 0 aliphatic carbocycles. The van der Waals surface area contributed by atoms with Gasteiger partial charge in [-0.2, -0.15) is 0 Å². The summed E-state index contributed by atoms with van der Waals surface area (Å²) in [5.74, 6) is 5.03. The zero-order chi connectivity index (χ0) is 11.1. The molecule has 0 atom stereocenters. The molecule has 0 saturated heterocycles. The van der Waals surface area contributed by atoms with Gasteiger partial charge in [-0.3, -0.25) is 4.79 Å². The van der Waals surface area contributed by atoms with Gasteiger partial charge in [0.05, 0.1) is 0 Å². The average molecular weight is 201 g/mol. The standard InChI is InChI=1S/C9H19N3O2/c1-7(2)8(10)6-12(11)5-3-4-9(13)14/h6-7H,3-5,10-11H2,1-2H3,(H,13,14)/b8-6-. The molecule has 5 heteroatoms. The maximum Gasteiger partial charge on any atom is 0.303 e. The molecule has 5 nitrogen and oxygen atoms in total. The van der Waals surface area contributed by atoms with E-state index in [-0.39, 0.29) is 12.3 Å². The van der Waals surface area contributed by atoms with Crippen LogP contribution in [0.2, 0.25) is 0 Å². The van der Waals surface area contributed by atoms with Gasteiger partial charge in [0.1, 0.15) is 0 Å². The summed E-state index contributed by atoms with van der Waals surface area (Å²) >= 11 is 0. The van der Waals surface area contributed by atoms with Crippen LogP contribution in [0.25, 0.3) is 0 Å². The first-order chi connectivity index (χ1) is 6.43. The van der Waals surface area contributed by atoms with Gasteiger partial charge in [0.25, 0.3) is 0 Å². The van der Waals surface area contributed by atoms with Crippen molar-refractivity contribution in [2.24, 2.45) is 17.5 Å². The van der Waals surface area contributed by atoms with Crippen LogP contribution in [-0.2, 0) is 4.79 Å². The van der Waals surface area contributed by atoms with E-state index in [0.29, 0.717) is 18.7 Å². The molecule has 0 radical (unpaired) electrons. The van der Waals surface area contributed by atoms with Gasteiger partial charge in [0, 0.05) is 24.9 Å². The fourth-order valence-corrected chi connectivity index (χ4v) is 0.818. The number of hydrazine groups is 1. The van der Waals surface area contributed by atoms with Crippen molar-refractivity contribution in [1.82, 2.24) is 5.01 Å². The number of carboxylic acid groups (broad SMARTS) is 1. The number of hydrogen-bond acceptors (Lipinski definition) is 4. The molecule has 0 aromatic rings. The second-order valence-electron chi connectivity index (χ2n) is 3.52. The smallest absolute Gasteiger partial charge is 0.303 e. The molecule has 82 valence electrons. The van der Waals surface area contributed by atoms with Crippen molar-refractivity contribution < 1.29 is 9.90 Å². The van der Waals surface area contributed by atoms with E-state index < -0.39 is 5.97 Å². The Bertz CT molecular complexity index is 214. The molecule has 5 N–H and O–H groups in total. The molecule has 0 fully saturated rings. The molecule has 14 heavy (non-hydrogen) atoms. The van der Waals surface area contributed by atoms with E-state index in [0.717, 1.165) is 0 Å². The first-order valence-electron chi connectivity index (χ1n) is 4.63. The highest BCUT2D eigenvalue weighted by Crippen LogP contribution is 2.02. The number of hydrogen-bond donors (Lipinski definition) is 3.